The number of halogens is 2. The van der Waals surface area contributed by atoms with Gasteiger partial charge in [-0.15, -0.1) is 0 Å². The van der Waals surface area contributed by atoms with Crippen molar-refractivity contribution in [3.05, 3.63) is 31.2 Å². The standard InChI is InChI=1S/C11H9Br2N3O3S2/c12-7-3-6(16(18)19)4-8(13)10(7)15-9(17)5-21-11-14-1-2-20-11/h3-4H,1-2,5H2,(H,15,17). The monoisotopic (exact) mass is 453 g/mol. The van der Waals surface area contributed by atoms with Crippen LogP contribution in [0, 0.1) is 10.1 Å². The van der Waals surface area contributed by atoms with Gasteiger partial charge in [0.05, 0.1) is 22.9 Å². The number of hydrogen-bond donors (Lipinski definition) is 1. The molecule has 6 nitrogen and oxygen atoms in total. The number of nitro groups is 1. The Morgan fingerprint density at radius 1 is 1.48 bits per heavy atom. The van der Waals surface area contributed by atoms with E-state index in [1.807, 2.05) is 0 Å². The van der Waals surface area contributed by atoms with Crippen molar-refractivity contribution in [3.8, 4) is 0 Å². The lowest BCUT2D eigenvalue weighted by Gasteiger charge is -2.09. The van der Waals surface area contributed by atoms with Crippen LogP contribution in [-0.4, -0.2) is 33.3 Å². The number of aliphatic imine (C=N–C) groups is 1. The molecule has 0 saturated carbocycles. The van der Waals surface area contributed by atoms with Gasteiger partial charge in [-0.2, -0.15) is 0 Å². The molecular formula is C11H9Br2N3O3S2. The molecule has 0 fully saturated rings. The van der Waals surface area contributed by atoms with Crippen molar-refractivity contribution in [3.63, 3.8) is 0 Å². The van der Waals surface area contributed by atoms with E-state index >= 15 is 0 Å². The summed E-state index contributed by atoms with van der Waals surface area (Å²) in [5.41, 5.74) is 0.421. The summed E-state index contributed by atoms with van der Waals surface area (Å²) in [7, 11) is 0. The van der Waals surface area contributed by atoms with Crippen LogP contribution in [0.15, 0.2) is 26.1 Å². The molecule has 0 spiro atoms. The molecule has 1 amide bonds. The molecule has 0 unspecified atom stereocenters. The van der Waals surface area contributed by atoms with Crippen LogP contribution in [0.5, 0.6) is 0 Å². The zero-order valence-corrected chi connectivity index (χ0v) is 15.3. The summed E-state index contributed by atoms with van der Waals surface area (Å²) >= 11 is 9.49. The molecule has 1 aromatic carbocycles. The minimum atomic E-state index is -0.494. The Morgan fingerprint density at radius 2 is 2.14 bits per heavy atom. The molecule has 0 bridgehead atoms. The van der Waals surface area contributed by atoms with Crippen molar-refractivity contribution < 1.29 is 9.72 Å². The van der Waals surface area contributed by atoms with Crippen molar-refractivity contribution in [1.82, 2.24) is 0 Å². The number of benzene rings is 1. The number of non-ortho nitro benzene ring substituents is 1. The van der Waals surface area contributed by atoms with Gasteiger partial charge in [0.15, 0.2) is 0 Å². The van der Waals surface area contributed by atoms with Crippen LogP contribution in [0.2, 0.25) is 0 Å². The molecule has 1 aromatic rings. The maximum absolute atomic E-state index is 11.9. The van der Waals surface area contributed by atoms with Gasteiger partial charge >= 0.3 is 0 Å². The molecular weight excluding hydrogens is 446 g/mol. The summed E-state index contributed by atoms with van der Waals surface area (Å²) in [4.78, 5) is 26.4. The van der Waals surface area contributed by atoms with Gasteiger partial charge in [0.1, 0.15) is 4.38 Å². The maximum atomic E-state index is 11.9. The number of hydrogen-bond acceptors (Lipinski definition) is 6. The Hall–Kier alpha value is -0.580. The Morgan fingerprint density at radius 3 is 2.67 bits per heavy atom. The number of thioether (sulfide) groups is 2. The first kappa shape index (κ1) is 16.8. The van der Waals surface area contributed by atoms with Crippen molar-refractivity contribution in [1.29, 1.82) is 0 Å². The largest absolute Gasteiger partial charge is 0.323 e. The highest BCUT2D eigenvalue weighted by Crippen LogP contribution is 2.35. The van der Waals surface area contributed by atoms with Crippen LogP contribution >= 0.6 is 55.4 Å². The van der Waals surface area contributed by atoms with Crippen LogP contribution in [0.1, 0.15) is 0 Å². The fourth-order valence-electron chi connectivity index (χ4n) is 1.49. The predicted octanol–water partition coefficient (Wildman–Crippen LogP) is 3.89. The Bertz CT molecular complexity index is 602. The van der Waals surface area contributed by atoms with Crippen LogP contribution < -0.4 is 5.32 Å². The molecule has 1 N–H and O–H groups in total. The van der Waals surface area contributed by atoms with Crippen LogP contribution in [-0.2, 0) is 4.79 Å². The second-order valence-corrected chi connectivity index (χ2v) is 7.89. The van der Waals surface area contributed by atoms with Crippen LogP contribution in [0.3, 0.4) is 0 Å². The minimum Gasteiger partial charge on any atom is -0.323 e. The third-order valence-corrected chi connectivity index (χ3v) is 5.89. The number of rotatable bonds is 4. The molecule has 10 heteroatoms. The summed E-state index contributed by atoms with van der Waals surface area (Å²) in [5.74, 6) is 1.02. The van der Waals surface area contributed by atoms with E-state index < -0.39 is 4.92 Å². The van der Waals surface area contributed by atoms with Crippen molar-refractivity contribution in [2.75, 3.05) is 23.4 Å². The molecule has 2 rings (SSSR count). The molecule has 1 aliphatic rings. The third kappa shape index (κ3) is 4.70. The highest BCUT2D eigenvalue weighted by atomic mass is 79.9. The lowest BCUT2D eigenvalue weighted by atomic mass is 10.3. The molecule has 0 radical (unpaired) electrons. The highest BCUT2D eigenvalue weighted by Gasteiger charge is 2.17. The van der Waals surface area contributed by atoms with Gasteiger partial charge in [-0.05, 0) is 31.9 Å². The van der Waals surface area contributed by atoms with Gasteiger partial charge in [0.2, 0.25) is 5.91 Å². The van der Waals surface area contributed by atoms with Gasteiger partial charge in [-0.3, -0.25) is 19.9 Å². The van der Waals surface area contributed by atoms with Gasteiger partial charge in [0.25, 0.3) is 5.69 Å². The van der Waals surface area contributed by atoms with E-state index in [1.54, 1.807) is 11.8 Å². The van der Waals surface area contributed by atoms with Gasteiger partial charge in [-0.25, -0.2) is 0 Å². The molecule has 0 aromatic heterocycles. The van der Waals surface area contributed by atoms with Crippen LogP contribution in [0.4, 0.5) is 11.4 Å². The van der Waals surface area contributed by atoms with E-state index in [1.165, 1.54) is 23.9 Å². The number of carbonyl (C=O) groups is 1. The number of anilines is 1. The second-order valence-electron chi connectivity index (χ2n) is 3.87. The quantitative estimate of drug-likeness (QED) is 0.550. The van der Waals surface area contributed by atoms with E-state index in [-0.39, 0.29) is 17.3 Å². The Balaban J connectivity index is 2.01. The molecule has 0 saturated heterocycles. The van der Waals surface area contributed by atoms with E-state index in [0.717, 1.165) is 16.7 Å². The zero-order chi connectivity index (χ0) is 15.4. The topological polar surface area (TPSA) is 84.6 Å². The number of carbonyl (C=O) groups excluding carboxylic acids is 1. The van der Waals surface area contributed by atoms with Crippen molar-refractivity contribution in [2.45, 2.75) is 0 Å². The van der Waals surface area contributed by atoms with Crippen LogP contribution in [0.25, 0.3) is 0 Å². The minimum absolute atomic E-state index is 0.0576. The van der Waals surface area contributed by atoms with E-state index in [4.69, 9.17) is 0 Å². The first-order chi connectivity index (χ1) is 9.97. The summed E-state index contributed by atoms with van der Waals surface area (Å²) < 4.78 is 1.83. The van der Waals surface area contributed by atoms with E-state index in [0.29, 0.717) is 14.6 Å². The lowest BCUT2D eigenvalue weighted by Crippen LogP contribution is -2.15. The van der Waals surface area contributed by atoms with E-state index in [2.05, 4.69) is 42.2 Å². The van der Waals surface area contributed by atoms with Crippen molar-refractivity contribution in [2.24, 2.45) is 4.99 Å². The molecule has 1 heterocycles. The SMILES string of the molecule is O=C(CSC1=NCCS1)Nc1c(Br)cc([N+](=O)[O-])cc1Br. The summed E-state index contributed by atoms with van der Waals surface area (Å²) in [5, 5.41) is 13.5. The Kier molecular flexibility index (Phi) is 6.08. The summed E-state index contributed by atoms with van der Waals surface area (Å²) in [6, 6.07) is 2.70. The summed E-state index contributed by atoms with van der Waals surface area (Å²) in [6.45, 7) is 0.800. The number of nitrogens with one attached hydrogen (secondary N) is 1. The number of nitrogens with zero attached hydrogens (tertiary/aromatic N) is 2. The second kappa shape index (κ2) is 7.61. The molecule has 112 valence electrons. The Labute approximate surface area is 145 Å². The number of nitro benzene ring substituents is 1. The highest BCUT2D eigenvalue weighted by molar-refractivity contribution is 9.11. The van der Waals surface area contributed by atoms with Gasteiger partial charge in [0, 0.05) is 26.8 Å². The van der Waals surface area contributed by atoms with Crippen molar-refractivity contribution >= 4 is 77.0 Å². The van der Waals surface area contributed by atoms with E-state index in [9.17, 15) is 14.9 Å². The fraction of sp³-hybridized carbons (Fsp3) is 0.273. The molecule has 21 heavy (non-hydrogen) atoms. The van der Waals surface area contributed by atoms with Gasteiger partial charge in [-0.1, -0.05) is 23.5 Å². The average Bonchev–Trinajstić information content (AvgIpc) is 2.93. The molecule has 0 atom stereocenters. The maximum Gasteiger partial charge on any atom is 0.271 e. The zero-order valence-electron chi connectivity index (χ0n) is 10.5. The van der Waals surface area contributed by atoms with Gasteiger partial charge < -0.3 is 5.32 Å². The predicted molar refractivity (Wildman–Crippen MR) is 94.3 cm³/mol. The molecule has 1 aliphatic heterocycles. The summed E-state index contributed by atoms with van der Waals surface area (Å²) in [6.07, 6.45) is 0. The number of amides is 1. The average molecular weight is 455 g/mol. The first-order valence-corrected chi connectivity index (χ1v) is 9.26. The first-order valence-electron chi connectivity index (χ1n) is 5.70. The molecule has 0 aliphatic carbocycles. The lowest BCUT2D eigenvalue weighted by molar-refractivity contribution is -0.385. The normalized spacial score (nSPS) is 13.9. The third-order valence-electron chi connectivity index (χ3n) is 2.39. The fourth-order valence-corrected chi connectivity index (χ4v) is 4.66. The smallest absolute Gasteiger partial charge is 0.271 e.